The van der Waals surface area contributed by atoms with Crippen LogP contribution in [-0.4, -0.2) is 65.3 Å². The monoisotopic (exact) mass is 623 g/mol. The van der Waals surface area contributed by atoms with Gasteiger partial charge in [-0.05, 0) is 61.6 Å². The van der Waals surface area contributed by atoms with Crippen LogP contribution in [0.3, 0.4) is 0 Å². The van der Waals surface area contributed by atoms with E-state index in [0.717, 1.165) is 31.9 Å². The number of nitrogens with one attached hydrogen (secondary N) is 3. The third-order valence-electron chi connectivity index (χ3n) is 7.91. The number of sulfonamides is 1. The molecule has 0 saturated carbocycles. The Balaban J connectivity index is 1.15. The van der Waals surface area contributed by atoms with Gasteiger partial charge in [0.05, 0.1) is 17.6 Å². The first-order chi connectivity index (χ1) is 21.7. The van der Waals surface area contributed by atoms with Crippen LogP contribution < -0.4 is 25.0 Å². The van der Waals surface area contributed by atoms with Gasteiger partial charge < -0.3 is 25.2 Å². The predicted octanol–water partition coefficient (Wildman–Crippen LogP) is 4.88. The van der Waals surface area contributed by atoms with Gasteiger partial charge in [-0.25, -0.2) is 8.42 Å². The summed E-state index contributed by atoms with van der Waals surface area (Å²) in [6.07, 6.45) is 1.67. The molecular formula is C34H33N5O5S. The predicted molar refractivity (Wildman–Crippen MR) is 177 cm³/mol. The lowest BCUT2D eigenvalue weighted by Crippen LogP contribution is -2.44. The van der Waals surface area contributed by atoms with Gasteiger partial charge >= 0.3 is 0 Å². The van der Waals surface area contributed by atoms with Crippen molar-refractivity contribution >= 4 is 50.0 Å². The highest BCUT2D eigenvalue weighted by molar-refractivity contribution is 7.92. The Labute approximate surface area is 262 Å². The number of ether oxygens (including phenoxy) is 1. The molecule has 2 aliphatic heterocycles. The van der Waals surface area contributed by atoms with Crippen molar-refractivity contribution in [3.63, 3.8) is 0 Å². The van der Waals surface area contributed by atoms with E-state index in [9.17, 15) is 18.0 Å². The summed E-state index contributed by atoms with van der Waals surface area (Å²) in [5, 5.41) is 6.07. The second kappa shape index (κ2) is 12.5. The Kier molecular flexibility index (Phi) is 8.29. The van der Waals surface area contributed by atoms with Crippen LogP contribution in [0.2, 0.25) is 0 Å². The highest BCUT2D eigenvalue weighted by Crippen LogP contribution is 2.33. The van der Waals surface area contributed by atoms with Crippen LogP contribution in [0, 0.1) is 0 Å². The summed E-state index contributed by atoms with van der Waals surface area (Å²) in [4.78, 5) is 31.0. The Hall–Kier alpha value is -5.13. The average molecular weight is 624 g/mol. The molecular weight excluding hydrogens is 590 g/mol. The highest BCUT2D eigenvalue weighted by Gasteiger charge is 2.26. The van der Waals surface area contributed by atoms with Gasteiger partial charge in [-0.3, -0.25) is 14.3 Å². The van der Waals surface area contributed by atoms with E-state index in [-0.39, 0.29) is 22.3 Å². The maximum Gasteiger partial charge on any atom is 0.262 e. The average Bonchev–Trinajstić information content (AvgIpc) is 3.37. The second-order valence-electron chi connectivity index (χ2n) is 10.9. The molecule has 0 atom stereocenters. The maximum absolute atomic E-state index is 13.4. The number of amides is 1. The Morgan fingerprint density at radius 1 is 0.867 bits per heavy atom. The molecule has 0 unspecified atom stereocenters. The summed E-state index contributed by atoms with van der Waals surface area (Å²) in [5.74, 6) is -0.176. The van der Waals surface area contributed by atoms with Gasteiger partial charge in [0.1, 0.15) is 5.75 Å². The molecule has 0 radical (unpaired) electrons. The molecule has 45 heavy (non-hydrogen) atoms. The first-order valence-corrected chi connectivity index (χ1v) is 16.0. The smallest absolute Gasteiger partial charge is 0.262 e. The minimum absolute atomic E-state index is 0.0361. The van der Waals surface area contributed by atoms with Crippen molar-refractivity contribution < 1.29 is 22.7 Å². The molecule has 2 aliphatic rings. The first-order valence-electron chi connectivity index (χ1n) is 14.5. The first kappa shape index (κ1) is 29.9. The fourth-order valence-electron chi connectivity index (χ4n) is 5.34. The summed E-state index contributed by atoms with van der Waals surface area (Å²) in [6.45, 7) is 4.05. The van der Waals surface area contributed by atoms with Crippen LogP contribution in [0.25, 0.3) is 5.57 Å². The highest BCUT2D eigenvalue weighted by atomic mass is 32.2. The molecule has 0 spiro atoms. The quantitative estimate of drug-likeness (QED) is 0.178. The zero-order chi connectivity index (χ0) is 31.6. The van der Waals surface area contributed by atoms with Crippen molar-refractivity contribution in [2.24, 2.45) is 0 Å². The number of hydrogen-bond acceptors (Lipinski definition) is 8. The van der Waals surface area contributed by atoms with Gasteiger partial charge in [-0.2, -0.15) is 0 Å². The Morgan fingerprint density at radius 3 is 2.36 bits per heavy atom. The summed E-state index contributed by atoms with van der Waals surface area (Å²) in [7, 11) is -0.321. The van der Waals surface area contributed by atoms with Crippen LogP contribution >= 0.6 is 0 Å². The lowest BCUT2D eigenvalue weighted by Gasteiger charge is -2.34. The number of methoxy groups -OCH3 is 1. The number of likely N-dealkylation sites (N-methyl/N-ethyl adjacent to an activating group) is 1. The molecule has 4 aromatic rings. The topological polar surface area (TPSA) is 120 Å². The Morgan fingerprint density at radius 2 is 1.60 bits per heavy atom. The number of anilines is 4. The van der Waals surface area contributed by atoms with Gasteiger partial charge in [0, 0.05) is 77.9 Å². The summed E-state index contributed by atoms with van der Waals surface area (Å²) in [6, 6.07) is 25.6. The van der Waals surface area contributed by atoms with Crippen molar-refractivity contribution in [3.05, 3.63) is 114 Å². The minimum atomic E-state index is -3.91. The third-order valence-corrected chi connectivity index (χ3v) is 9.29. The molecule has 0 aromatic heterocycles. The van der Waals surface area contributed by atoms with Gasteiger partial charge in [0.2, 0.25) is 0 Å². The molecule has 6 rings (SSSR count). The molecule has 11 heteroatoms. The normalized spacial score (nSPS) is 15.8. The fraction of sp³-hybridized carbons (Fsp3) is 0.176. The van der Waals surface area contributed by atoms with Gasteiger partial charge in [-0.1, -0.05) is 30.3 Å². The zero-order valence-corrected chi connectivity index (χ0v) is 25.7. The number of ketones is 1. The lowest BCUT2D eigenvalue weighted by molar-refractivity contribution is -0.110. The van der Waals surface area contributed by atoms with E-state index in [1.165, 1.54) is 31.0 Å². The number of fused-ring (bicyclic) bond motifs is 1. The second-order valence-corrected chi connectivity index (χ2v) is 12.6. The van der Waals surface area contributed by atoms with E-state index in [2.05, 4.69) is 44.3 Å². The number of carbonyl (C=O) groups is 2. The molecule has 0 bridgehead atoms. The molecule has 4 aromatic carbocycles. The van der Waals surface area contributed by atoms with E-state index >= 15 is 0 Å². The van der Waals surface area contributed by atoms with E-state index in [1.807, 2.05) is 12.1 Å². The maximum atomic E-state index is 13.4. The standard InChI is InChI=1S/C34H33N5O5S/c1-38-15-17-39(18-16-38)27-12-10-25(11-13-27)35-22-31-30-14-9-24(20-32(30)36-34(31)41)33(40)23-5-3-6-26(19-23)37-45(42,43)29-8-4-7-28(21-29)44-2/h3-14,19-22,35,37H,15-18H2,1-2H3,(H,36,41). The number of benzene rings is 4. The Bertz CT molecular complexity index is 1900. The molecule has 0 aliphatic carbocycles. The number of hydrogen-bond donors (Lipinski definition) is 3. The van der Waals surface area contributed by atoms with Crippen LogP contribution in [0.5, 0.6) is 5.75 Å². The molecule has 1 fully saturated rings. The van der Waals surface area contributed by atoms with Crippen molar-refractivity contribution in [1.82, 2.24) is 4.90 Å². The fourth-order valence-corrected chi connectivity index (χ4v) is 6.42. The number of nitrogens with zero attached hydrogens (tertiary/aromatic N) is 2. The van der Waals surface area contributed by atoms with Gasteiger partial charge in [0.15, 0.2) is 5.78 Å². The largest absolute Gasteiger partial charge is 0.497 e. The van der Waals surface area contributed by atoms with Gasteiger partial charge in [-0.15, -0.1) is 0 Å². The molecule has 2 heterocycles. The third kappa shape index (κ3) is 6.54. The minimum Gasteiger partial charge on any atom is -0.497 e. The molecule has 1 saturated heterocycles. The molecule has 1 amide bonds. The van der Waals surface area contributed by atoms with E-state index in [0.29, 0.717) is 33.7 Å². The van der Waals surface area contributed by atoms with Crippen LogP contribution in [0.15, 0.2) is 102 Å². The molecule has 230 valence electrons. The van der Waals surface area contributed by atoms with E-state index < -0.39 is 10.0 Å². The number of piperazine rings is 1. The lowest BCUT2D eigenvalue weighted by atomic mass is 9.99. The van der Waals surface area contributed by atoms with Crippen LogP contribution in [-0.2, 0) is 14.8 Å². The van der Waals surface area contributed by atoms with Crippen LogP contribution in [0.4, 0.5) is 22.7 Å². The van der Waals surface area contributed by atoms with E-state index in [4.69, 9.17) is 4.74 Å². The number of rotatable bonds is 9. The van der Waals surface area contributed by atoms with E-state index in [1.54, 1.807) is 54.7 Å². The summed E-state index contributed by atoms with van der Waals surface area (Å²) in [5.41, 5.74) is 4.58. The summed E-state index contributed by atoms with van der Waals surface area (Å²) < 4.78 is 33.5. The SMILES string of the molecule is COc1cccc(S(=O)(=O)Nc2cccc(C(=O)c3ccc4c(c3)NC(=O)C4=CNc3ccc(N4CCN(C)CC4)cc3)c2)c1. The van der Waals surface area contributed by atoms with Crippen molar-refractivity contribution in [2.75, 3.05) is 60.6 Å². The van der Waals surface area contributed by atoms with Gasteiger partial charge in [0.25, 0.3) is 15.9 Å². The molecule has 3 N–H and O–H groups in total. The van der Waals surface area contributed by atoms with Crippen molar-refractivity contribution in [2.45, 2.75) is 4.90 Å². The zero-order valence-electron chi connectivity index (χ0n) is 24.9. The van der Waals surface area contributed by atoms with Crippen molar-refractivity contribution in [3.8, 4) is 5.75 Å². The van der Waals surface area contributed by atoms with Crippen LogP contribution in [0.1, 0.15) is 21.5 Å². The van der Waals surface area contributed by atoms with Crippen molar-refractivity contribution in [1.29, 1.82) is 0 Å². The molecule has 10 nitrogen and oxygen atoms in total. The summed E-state index contributed by atoms with van der Waals surface area (Å²) >= 11 is 0. The number of carbonyl (C=O) groups excluding carboxylic acids is 2.